The molecule has 3 rings (SSSR count). The molecule has 3 aromatic rings. The molecule has 0 saturated heterocycles. The summed E-state index contributed by atoms with van der Waals surface area (Å²) in [5.74, 6) is 0.350. The quantitative estimate of drug-likeness (QED) is 0.578. The van der Waals surface area contributed by atoms with Crippen molar-refractivity contribution < 1.29 is 14.3 Å². The highest BCUT2D eigenvalue weighted by Crippen LogP contribution is 2.23. The zero-order valence-electron chi connectivity index (χ0n) is 13.3. The van der Waals surface area contributed by atoms with Crippen LogP contribution in [0, 0.1) is 0 Å². The fraction of sp³-hybridized carbons (Fsp3) is 0.125. The van der Waals surface area contributed by atoms with Gasteiger partial charge in [-0.3, -0.25) is 10.4 Å². The third kappa shape index (κ3) is 3.83. The van der Waals surface area contributed by atoms with E-state index in [-0.39, 0.29) is 11.9 Å². The molecule has 3 amide bonds. The molecule has 9 heteroatoms. The zero-order valence-corrected chi connectivity index (χ0v) is 13.3. The number of anilines is 1. The summed E-state index contributed by atoms with van der Waals surface area (Å²) in [6.07, 6.45) is 0.456. The van der Waals surface area contributed by atoms with E-state index < -0.39 is 12.1 Å². The summed E-state index contributed by atoms with van der Waals surface area (Å²) in [7, 11) is 0. The molecule has 2 heterocycles. The number of nitrogens with two attached hydrogens (primary N) is 1. The topological polar surface area (TPSA) is 135 Å². The second-order valence-corrected chi connectivity index (χ2v) is 5.30. The number of pyridine rings is 1. The average Bonchev–Trinajstić information content (AvgIpc) is 2.97. The van der Waals surface area contributed by atoms with Crippen molar-refractivity contribution in [2.24, 2.45) is 5.73 Å². The van der Waals surface area contributed by atoms with Gasteiger partial charge in [0.05, 0.1) is 16.9 Å². The van der Waals surface area contributed by atoms with Gasteiger partial charge in [0, 0.05) is 12.3 Å². The molecule has 1 atom stereocenters. The maximum absolute atomic E-state index is 12.1. The maximum Gasteiger partial charge on any atom is 0.411 e. The number of hydrogen-bond acceptors (Lipinski definition) is 5. The van der Waals surface area contributed by atoms with Crippen molar-refractivity contribution in [1.82, 2.24) is 20.5 Å². The van der Waals surface area contributed by atoms with Crippen LogP contribution in [-0.4, -0.2) is 27.3 Å². The van der Waals surface area contributed by atoms with Gasteiger partial charge in [0.15, 0.2) is 0 Å². The lowest BCUT2D eigenvalue weighted by Gasteiger charge is -2.14. The van der Waals surface area contributed by atoms with E-state index in [0.717, 1.165) is 5.56 Å². The molecule has 0 radical (unpaired) electrons. The van der Waals surface area contributed by atoms with Gasteiger partial charge in [-0.05, 0) is 12.5 Å². The molecule has 0 unspecified atom stereocenters. The normalized spacial score (nSPS) is 11.7. The monoisotopic (exact) mass is 340 g/mol. The van der Waals surface area contributed by atoms with Crippen LogP contribution in [0.5, 0.6) is 5.88 Å². The minimum Gasteiger partial charge on any atom is -0.389 e. The molecule has 9 nitrogen and oxygen atoms in total. The summed E-state index contributed by atoms with van der Waals surface area (Å²) in [5.41, 5.74) is 6.49. The van der Waals surface area contributed by atoms with Crippen molar-refractivity contribution in [1.29, 1.82) is 0 Å². The Morgan fingerprint density at radius 1 is 1.28 bits per heavy atom. The summed E-state index contributed by atoms with van der Waals surface area (Å²) >= 11 is 0. The minimum absolute atomic E-state index is 0.0312. The molecule has 5 N–H and O–H groups in total. The van der Waals surface area contributed by atoms with E-state index in [1.165, 1.54) is 6.20 Å². The van der Waals surface area contributed by atoms with Crippen molar-refractivity contribution in [3.05, 3.63) is 48.2 Å². The Morgan fingerprint density at radius 2 is 2.04 bits per heavy atom. The van der Waals surface area contributed by atoms with Crippen molar-refractivity contribution in [2.75, 3.05) is 5.32 Å². The molecular formula is C16H16N6O3. The number of amides is 3. The van der Waals surface area contributed by atoms with Gasteiger partial charge < -0.3 is 15.8 Å². The number of aromatic amines is 1. The van der Waals surface area contributed by atoms with Crippen LogP contribution in [0.25, 0.3) is 10.9 Å². The number of carbonyl (C=O) groups is 2. The predicted octanol–water partition coefficient (Wildman–Crippen LogP) is 2.30. The molecule has 0 fully saturated rings. The van der Waals surface area contributed by atoms with Crippen LogP contribution in [0.15, 0.2) is 42.6 Å². The molecule has 128 valence electrons. The lowest BCUT2D eigenvalue weighted by Crippen LogP contribution is -2.31. The number of rotatable bonds is 4. The van der Waals surface area contributed by atoms with Gasteiger partial charge in [-0.1, -0.05) is 30.3 Å². The molecule has 0 aliphatic heterocycles. The maximum atomic E-state index is 12.1. The molecule has 0 aliphatic rings. The standard InChI is InChI=1S/C16H16N6O3/c1-9(10-5-3-2-4-6-10)19-16(24)20-13-7-12-11(8-18-13)14(22-21-12)25-15(17)23/h2-9H,1H3,(H2,17,23)(H,21,22)(H2,18,19,20,24)/t9-/m1/s1. The van der Waals surface area contributed by atoms with Crippen LogP contribution in [0.3, 0.4) is 0 Å². The number of fused-ring (bicyclic) bond motifs is 1. The smallest absolute Gasteiger partial charge is 0.389 e. The predicted molar refractivity (Wildman–Crippen MR) is 91.1 cm³/mol. The van der Waals surface area contributed by atoms with Crippen molar-refractivity contribution in [2.45, 2.75) is 13.0 Å². The Morgan fingerprint density at radius 3 is 2.76 bits per heavy atom. The molecule has 0 saturated carbocycles. The number of hydrogen-bond donors (Lipinski definition) is 4. The highest BCUT2D eigenvalue weighted by molar-refractivity contribution is 5.92. The van der Waals surface area contributed by atoms with Gasteiger partial charge in [-0.2, -0.15) is 0 Å². The molecule has 0 spiro atoms. The molecule has 25 heavy (non-hydrogen) atoms. The SMILES string of the molecule is C[C@@H](NC(=O)Nc1cc2[nH]nc(OC(N)=O)c2cn1)c1ccccc1. The van der Waals surface area contributed by atoms with Crippen LogP contribution >= 0.6 is 0 Å². The Kier molecular flexibility index (Phi) is 4.46. The molecule has 0 aliphatic carbocycles. The van der Waals surface area contributed by atoms with E-state index in [1.54, 1.807) is 6.07 Å². The van der Waals surface area contributed by atoms with Gasteiger partial charge in [-0.15, -0.1) is 5.10 Å². The lowest BCUT2D eigenvalue weighted by molar-refractivity contribution is 0.209. The fourth-order valence-corrected chi connectivity index (χ4v) is 2.31. The van der Waals surface area contributed by atoms with E-state index in [9.17, 15) is 9.59 Å². The number of urea groups is 1. The van der Waals surface area contributed by atoms with E-state index in [1.807, 2.05) is 37.3 Å². The summed E-state index contributed by atoms with van der Waals surface area (Å²) in [6.45, 7) is 1.88. The first-order chi connectivity index (χ1) is 12.0. The second-order valence-electron chi connectivity index (χ2n) is 5.30. The minimum atomic E-state index is -0.968. The number of benzene rings is 1. The van der Waals surface area contributed by atoms with Gasteiger partial charge in [0.2, 0.25) is 0 Å². The Labute approximate surface area is 142 Å². The van der Waals surface area contributed by atoms with Gasteiger partial charge >= 0.3 is 12.1 Å². The van der Waals surface area contributed by atoms with Crippen LogP contribution < -0.4 is 21.1 Å². The van der Waals surface area contributed by atoms with E-state index >= 15 is 0 Å². The van der Waals surface area contributed by atoms with Gasteiger partial charge in [-0.25, -0.2) is 14.6 Å². The number of ether oxygens (including phenoxy) is 1. The van der Waals surface area contributed by atoms with Crippen LogP contribution in [0.4, 0.5) is 15.4 Å². The molecular weight excluding hydrogens is 324 g/mol. The lowest BCUT2D eigenvalue weighted by atomic mass is 10.1. The summed E-state index contributed by atoms with van der Waals surface area (Å²) in [6, 6.07) is 10.6. The molecule has 1 aromatic carbocycles. The third-order valence-electron chi connectivity index (χ3n) is 3.50. The fourth-order valence-electron chi connectivity index (χ4n) is 2.31. The summed E-state index contributed by atoms with van der Waals surface area (Å²) in [4.78, 5) is 27.0. The van der Waals surface area contributed by atoms with Crippen LogP contribution in [0.1, 0.15) is 18.5 Å². The Balaban J connectivity index is 1.68. The van der Waals surface area contributed by atoms with E-state index in [0.29, 0.717) is 16.7 Å². The van der Waals surface area contributed by atoms with Crippen molar-refractivity contribution in [3.8, 4) is 5.88 Å². The molecule has 0 bridgehead atoms. The number of nitrogens with one attached hydrogen (secondary N) is 3. The van der Waals surface area contributed by atoms with Crippen LogP contribution in [-0.2, 0) is 0 Å². The largest absolute Gasteiger partial charge is 0.411 e. The first-order valence-electron chi connectivity index (χ1n) is 7.47. The average molecular weight is 340 g/mol. The second kappa shape index (κ2) is 6.87. The zero-order chi connectivity index (χ0) is 17.8. The summed E-state index contributed by atoms with van der Waals surface area (Å²) < 4.78 is 4.75. The highest BCUT2D eigenvalue weighted by atomic mass is 16.6. The van der Waals surface area contributed by atoms with Gasteiger partial charge in [0.1, 0.15) is 5.82 Å². The summed E-state index contributed by atoms with van der Waals surface area (Å²) in [5, 5.41) is 12.4. The third-order valence-corrected chi connectivity index (χ3v) is 3.50. The number of primary amides is 1. The van der Waals surface area contributed by atoms with Crippen molar-refractivity contribution >= 4 is 28.8 Å². The first-order valence-corrected chi connectivity index (χ1v) is 7.47. The number of nitrogens with zero attached hydrogens (tertiary/aromatic N) is 2. The number of carbonyl (C=O) groups excluding carboxylic acids is 2. The van der Waals surface area contributed by atoms with Crippen LogP contribution in [0.2, 0.25) is 0 Å². The van der Waals surface area contributed by atoms with Gasteiger partial charge in [0.25, 0.3) is 5.88 Å². The Bertz CT molecular complexity index is 909. The number of aromatic nitrogens is 3. The van der Waals surface area contributed by atoms with Crippen molar-refractivity contribution in [3.63, 3.8) is 0 Å². The number of H-pyrrole nitrogens is 1. The highest BCUT2D eigenvalue weighted by Gasteiger charge is 2.13. The Hall–Kier alpha value is -3.62. The van der Waals surface area contributed by atoms with E-state index in [2.05, 4.69) is 25.8 Å². The molecule has 2 aromatic heterocycles. The van der Waals surface area contributed by atoms with E-state index in [4.69, 9.17) is 10.5 Å². The first kappa shape index (κ1) is 16.2.